The Bertz CT molecular complexity index is 1660. The van der Waals surface area contributed by atoms with Crippen molar-refractivity contribution in [3.05, 3.63) is 78.8 Å². The van der Waals surface area contributed by atoms with Crippen molar-refractivity contribution in [2.75, 3.05) is 6.54 Å². The second-order valence-electron chi connectivity index (χ2n) is 8.19. The Balaban J connectivity index is 1.47. The van der Waals surface area contributed by atoms with Gasteiger partial charge in [0.25, 0.3) is 0 Å². The first-order valence-electron chi connectivity index (χ1n) is 11.3. The predicted octanol–water partition coefficient (Wildman–Crippen LogP) is 4.87. The third-order valence-corrected chi connectivity index (χ3v) is 5.92. The Labute approximate surface area is 199 Å². The number of pyridine rings is 3. The minimum atomic E-state index is -0.347. The summed E-state index contributed by atoms with van der Waals surface area (Å²) in [5.41, 5.74) is 6.54. The number of imidazole rings is 1. The number of rotatable bonds is 6. The Kier molecular flexibility index (Phi) is 5.23. The summed E-state index contributed by atoms with van der Waals surface area (Å²) < 4.78 is 15.1. The van der Waals surface area contributed by atoms with E-state index in [1.54, 1.807) is 37.1 Å². The van der Waals surface area contributed by atoms with Crippen LogP contribution in [0.4, 0.5) is 4.39 Å². The third kappa shape index (κ3) is 3.81. The number of H-pyrrole nitrogens is 2. The fourth-order valence-corrected chi connectivity index (χ4v) is 4.22. The van der Waals surface area contributed by atoms with Gasteiger partial charge in [-0.15, -0.1) is 0 Å². The van der Waals surface area contributed by atoms with Crippen molar-refractivity contribution in [3.8, 4) is 33.8 Å². The number of hydrogen-bond acceptors (Lipinski definition) is 6. The smallest absolute Gasteiger partial charge is 0.160 e. The second-order valence-corrected chi connectivity index (χ2v) is 8.19. The molecule has 5 heterocycles. The van der Waals surface area contributed by atoms with Gasteiger partial charge in [0.2, 0.25) is 0 Å². The van der Waals surface area contributed by atoms with Gasteiger partial charge in [-0.2, -0.15) is 5.10 Å². The number of nitrogens with zero attached hydrogens (tertiary/aromatic N) is 5. The number of nitrogens with one attached hydrogen (secondary N) is 3. The summed E-state index contributed by atoms with van der Waals surface area (Å²) in [7, 11) is 0. The first-order valence-corrected chi connectivity index (χ1v) is 11.3. The molecule has 0 spiro atoms. The minimum absolute atomic E-state index is 0.347. The first kappa shape index (κ1) is 21.1. The van der Waals surface area contributed by atoms with Crippen LogP contribution in [0.3, 0.4) is 0 Å². The van der Waals surface area contributed by atoms with Gasteiger partial charge < -0.3 is 10.3 Å². The molecule has 0 fully saturated rings. The highest BCUT2D eigenvalue weighted by molar-refractivity contribution is 5.97. The molecule has 0 aliphatic heterocycles. The summed E-state index contributed by atoms with van der Waals surface area (Å²) in [6, 6.07) is 11.0. The summed E-state index contributed by atoms with van der Waals surface area (Å²) in [4.78, 5) is 21.0. The molecule has 5 aromatic heterocycles. The minimum Gasteiger partial charge on any atom is -0.321 e. The van der Waals surface area contributed by atoms with Gasteiger partial charge in [-0.25, -0.2) is 14.4 Å². The van der Waals surface area contributed by atoms with Gasteiger partial charge >= 0.3 is 0 Å². The lowest BCUT2D eigenvalue weighted by Crippen LogP contribution is -2.11. The predicted molar refractivity (Wildman–Crippen MR) is 133 cm³/mol. The van der Waals surface area contributed by atoms with Crippen LogP contribution in [0.25, 0.3) is 55.8 Å². The molecule has 0 atom stereocenters. The molecule has 0 radical (unpaired) electrons. The van der Waals surface area contributed by atoms with Crippen LogP contribution in [0.1, 0.15) is 12.5 Å². The van der Waals surface area contributed by atoms with Crippen LogP contribution in [0, 0.1) is 5.82 Å². The number of aromatic amines is 2. The van der Waals surface area contributed by atoms with Crippen molar-refractivity contribution in [2.24, 2.45) is 0 Å². The molecule has 1 aromatic carbocycles. The van der Waals surface area contributed by atoms with Gasteiger partial charge in [0, 0.05) is 71.2 Å². The van der Waals surface area contributed by atoms with Gasteiger partial charge in [-0.1, -0.05) is 13.0 Å². The summed E-state index contributed by atoms with van der Waals surface area (Å²) in [6.45, 7) is 3.56. The van der Waals surface area contributed by atoms with Crippen LogP contribution in [0.15, 0.2) is 67.4 Å². The van der Waals surface area contributed by atoms with Crippen LogP contribution in [-0.4, -0.2) is 41.7 Å². The fraction of sp³-hybridized carbons (Fsp3) is 0.115. The lowest BCUT2D eigenvalue weighted by molar-refractivity contribution is 0.632. The summed E-state index contributed by atoms with van der Waals surface area (Å²) in [6.07, 6.45) is 8.71. The molecule has 0 aliphatic rings. The zero-order valence-electron chi connectivity index (χ0n) is 18.9. The highest BCUT2D eigenvalue weighted by Gasteiger charge is 2.18. The van der Waals surface area contributed by atoms with Crippen molar-refractivity contribution in [1.82, 2.24) is 40.4 Å². The molecule has 0 saturated heterocycles. The number of aromatic nitrogens is 7. The maximum absolute atomic E-state index is 15.1. The fourth-order valence-electron chi connectivity index (χ4n) is 4.22. The van der Waals surface area contributed by atoms with Gasteiger partial charge in [0.1, 0.15) is 17.0 Å². The molecule has 0 amide bonds. The van der Waals surface area contributed by atoms with Gasteiger partial charge in [0.15, 0.2) is 11.5 Å². The average molecular weight is 465 g/mol. The number of halogens is 1. The summed E-state index contributed by atoms with van der Waals surface area (Å²) in [5, 5.41) is 11.4. The SMILES string of the molecule is CCNCc1cncc(-c2cc3c(-c4nc5c(-c6cccnc6)ccnc5[nH]4)n[nH]c3cc2F)c1. The molecule has 3 N–H and O–H groups in total. The van der Waals surface area contributed by atoms with Crippen molar-refractivity contribution in [3.63, 3.8) is 0 Å². The molecule has 6 rings (SSSR count). The Morgan fingerprint density at radius 3 is 2.74 bits per heavy atom. The maximum Gasteiger partial charge on any atom is 0.160 e. The zero-order chi connectivity index (χ0) is 23.8. The quantitative estimate of drug-likeness (QED) is 0.324. The van der Waals surface area contributed by atoms with E-state index in [9.17, 15) is 0 Å². The van der Waals surface area contributed by atoms with Crippen LogP contribution >= 0.6 is 0 Å². The molecule has 0 bridgehead atoms. The van der Waals surface area contributed by atoms with E-state index in [4.69, 9.17) is 4.98 Å². The molecular weight excluding hydrogens is 443 g/mol. The Hall–Kier alpha value is -4.50. The van der Waals surface area contributed by atoms with E-state index < -0.39 is 0 Å². The van der Waals surface area contributed by atoms with Crippen LogP contribution < -0.4 is 5.32 Å². The van der Waals surface area contributed by atoms with E-state index in [-0.39, 0.29) is 5.82 Å². The first-order chi connectivity index (χ1) is 17.2. The molecule has 8 nitrogen and oxygen atoms in total. The van der Waals surface area contributed by atoms with Crippen molar-refractivity contribution >= 4 is 22.1 Å². The molecule has 6 aromatic rings. The van der Waals surface area contributed by atoms with Crippen molar-refractivity contribution in [2.45, 2.75) is 13.5 Å². The van der Waals surface area contributed by atoms with E-state index in [0.29, 0.717) is 45.9 Å². The highest BCUT2D eigenvalue weighted by Crippen LogP contribution is 2.33. The van der Waals surface area contributed by atoms with E-state index in [1.165, 1.54) is 6.07 Å². The zero-order valence-corrected chi connectivity index (χ0v) is 18.9. The Morgan fingerprint density at radius 2 is 1.89 bits per heavy atom. The van der Waals surface area contributed by atoms with E-state index in [0.717, 1.165) is 28.6 Å². The molecule has 9 heteroatoms. The van der Waals surface area contributed by atoms with Crippen LogP contribution in [-0.2, 0) is 6.54 Å². The van der Waals surface area contributed by atoms with Crippen LogP contribution in [0.2, 0.25) is 0 Å². The van der Waals surface area contributed by atoms with Crippen LogP contribution in [0.5, 0.6) is 0 Å². The lowest BCUT2D eigenvalue weighted by atomic mass is 10.0. The monoisotopic (exact) mass is 464 g/mol. The number of hydrogen-bond donors (Lipinski definition) is 3. The van der Waals surface area contributed by atoms with Gasteiger partial charge in [-0.05, 0) is 36.4 Å². The average Bonchev–Trinajstić information content (AvgIpc) is 3.51. The molecule has 0 saturated carbocycles. The van der Waals surface area contributed by atoms with E-state index >= 15 is 4.39 Å². The second kappa shape index (κ2) is 8.69. The molecule has 35 heavy (non-hydrogen) atoms. The van der Waals surface area contributed by atoms with E-state index in [1.807, 2.05) is 31.2 Å². The van der Waals surface area contributed by atoms with Gasteiger partial charge in [0.05, 0.1) is 5.52 Å². The molecule has 0 unspecified atom stereocenters. The number of benzene rings is 1. The third-order valence-electron chi connectivity index (χ3n) is 5.92. The Morgan fingerprint density at radius 1 is 0.971 bits per heavy atom. The lowest BCUT2D eigenvalue weighted by Gasteiger charge is -2.07. The van der Waals surface area contributed by atoms with E-state index in [2.05, 4.69) is 35.5 Å². The topological polar surface area (TPSA) is 108 Å². The normalized spacial score (nSPS) is 11.5. The molecule has 0 aliphatic carbocycles. The maximum atomic E-state index is 15.1. The largest absolute Gasteiger partial charge is 0.321 e. The molecule has 172 valence electrons. The summed E-state index contributed by atoms with van der Waals surface area (Å²) in [5.74, 6) is 0.201. The standard InChI is InChI=1S/C26H21FN8/c1-2-28-11-15-8-17(14-30-12-15)19-9-20-22(10-21(19)27)34-35-24(20)26-32-23-18(5-7-31-25(23)33-26)16-4-3-6-29-13-16/h3-10,12-14,28H,2,11H2,1H3,(H,34,35)(H,31,32,33). The molecular formula is C26H21FN8. The van der Waals surface area contributed by atoms with Crippen molar-refractivity contribution in [1.29, 1.82) is 0 Å². The number of fused-ring (bicyclic) bond motifs is 2. The van der Waals surface area contributed by atoms with Gasteiger partial charge in [-0.3, -0.25) is 15.1 Å². The highest BCUT2D eigenvalue weighted by atomic mass is 19.1. The van der Waals surface area contributed by atoms with Crippen molar-refractivity contribution < 1.29 is 4.39 Å². The summed E-state index contributed by atoms with van der Waals surface area (Å²) >= 11 is 0.